The molecule has 6 nitrogen and oxygen atoms in total. The van der Waals surface area contributed by atoms with Crippen molar-refractivity contribution in [3.8, 4) is 0 Å². The number of carbonyl (C=O) groups is 1. The molecule has 0 bridgehead atoms. The van der Waals surface area contributed by atoms with Gasteiger partial charge in [-0.2, -0.15) is 5.10 Å². The van der Waals surface area contributed by atoms with Gasteiger partial charge in [0.05, 0.1) is 18.2 Å². The van der Waals surface area contributed by atoms with Gasteiger partial charge in [-0.1, -0.05) is 0 Å². The third kappa shape index (κ3) is 4.42. The molecule has 140 valence electrons. The molecule has 3 rings (SSSR count). The van der Waals surface area contributed by atoms with Crippen LogP contribution in [0.1, 0.15) is 62.1 Å². The third-order valence-corrected chi connectivity index (χ3v) is 4.91. The minimum atomic E-state index is -0.0979. The van der Waals surface area contributed by atoms with E-state index in [-0.39, 0.29) is 17.6 Å². The summed E-state index contributed by atoms with van der Waals surface area (Å²) in [5.41, 5.74) is 1.71. The molecule has 0 spiro atoms. The van der Waals surface area contributed by atoms with Crippen molar-refractivity contribution in [2.45, 2.75) is 57.6 Å². The highest BCUT2D eigenvalue weighted by Crippen LogP contribution is 2.41. The molecule has 0 unspecified atom stereocenters. The van der Waals surface area contributed by atoms with Crippen LogP contribution in [0, 0.1) is 0 Å². The van der Waals surface area contributed by atoms with Gasteiger partial charge in [0.25, 0.3) is 5.91 Å². The maximum atomic E-state index is 12.9. The summed E-state index contributed by atoms with van der Waals surface area (Å²) in [4.78, 5) is 16.9. The molecule has 2 aliphatic rings. The van der Waals surface area contributed by atoms with Gasteiger partial charge in [0.1, 0.15) is 0 Å². The summed E-state index contributed by atoms with van der Waals surface area (Å²) in [7, 11) is 4.08. The molecule has 1 saturated heterocycles. The molecule has 1 aromatic heterocycles. The lowest BCUT2D eigenvalue weighted by Gasteiger charge is -2.22. The average molecular weight is 348 g/mol. The Morgan fingerprint density at radius 2 is 2.04 bits per heavy atom. The number of rotatable bonds is 6. The lowest BCUT2D eigenvalue weighted by atomic mass is 10.1. The van der Waals surface area contributed by atoms with Crippen molar-refractivity contribution in [3.63, 3.8) is 0 Å². The number of aromatic nitrogens is 2. The summed E-state index contributed by atoms with van der Waals surface area (Å²) < 4.78 is 7.95. The van der Waals surface area contributed by atoms with Crippen molar-refractivity contribution in [1.82, 2.24) is 19.6 Å². The first-order valence-corrected chi connectivity index (χ1v) is 9.42. The lowest BCUT2D eigenvalue weighted by molar-refractivity contribution is 0.0463. The second-order valence-electron chi connectivity index (χ2n) is 8.65. The largest absolute Gasteiger partial charge is 0.375 e. The number of likely N-dealkylation sites (tertiary alicyclic amines) is 1. The predicted molar refractivity (Wildman–Crippen MR) is 98.0 cm³/mol. The molecule has 1 aliphatic heterocycles. The maximum Gasteiger partial charge on any atom is 0.274 e. The number of hydrogen-bond donors (Lipinski definition) is 0. The van der Waals surface area contributed by atoms with E-state index in [9.17, 15) is 4.79 Å². The summed E-state index contributed by atoms with van der Waals surface area (Å²) in [5.74, 6) is 0.623. The molecule has 25 heavy (non-hydrogen) atoms. The first kappa shape index (κ1) is 18.4. The van der Waals surface area contributed by atoms with Crippen LogP contribution < -0.4 is 0 Å². The molecule has 0 N–H and O–H groups in total. The van der Waals surface area contributed by atoms with Crippen molar-refractivity contribution in [1.29, 1.82) is 0 Å². The van der Waals surface area contributed by atoms with E-state index >= 15 is 0 Å². The second-order valence-corrected chi connectivity index (χ2v) is 8.65. The van der Waals surface area contributed by atoms with Gasteiger partial charge in [-0.15, -0.1) is 0 Å². The molecule has 1 aliphatic carbocycles. The molecule has 0 aromatic carbocycles. The highest BCUT2D eigenvalue weighted by Gasteiger charge is 2.34. The second kappa shape index (κ2) is 7.08. The Kier molecular flexibility index (Phi) is 5.21. The van der Waals surface area contributed by atoms with E-state index in [4.69, 9.17) is 4.74 Å². The predicted octanol–water partition coefficient (Wildman–Crippen LogP) is 2.31. The van der Waals surface area contributed by atoms with Crippen LogP contribution in [0.25, 0.3) is 0 Å². The molecule has 1 aromatic rings. The van der Waals surface area contributed by atoms with Gasteiger partial charge in [-0.3, -0.25) is 9.48 Å². The molecule has 1 amide bonds. The fraction of sp³-hybridized carbons (Fsp3) is 0.789. The Labute approximate surface area is 151 Å². The van der Waals surface area contributed by atoms with E-state index in [0.717, 1.165) is 19.5 Å². The van der Waals surface area contributed by atoms with E-state index in [1.807, 2.05) is 25.1 Å². The minimum Gasteiger partial charge on any atom is -0.375 e. The van der Waals surface area contributed by atoms with Gasteiger partial charge >= 0.3 is 0 Å². The van der Waals surface area contributed by atoms with Crippen molar-refractivity contribution < 1.29 is 9.53 Å². The summed E-state index contributed by atoms with van der Waals surface area (Å²) in [6, 6.07) is 2.02. The monoisotopic (exact) mass is 348 g/mol. The van der Waals surface area contributed by atoms with Gasteiger partial charge in [-0.05, 0) is 60.2 Å². The fourth-order valence-corrected chi connectivity index (χ4v) is 3.32. The summed E-state index contributed by atoms with van der Waals surface area (Å²) in [6.45, 7) is 9.48. The maximum absolute atomic E-state index is 12.9. The fourth-order valence-electron chi connectivity index (χ4n) is 3.32. The smallest absolute Gasteiger partial charge is 0.274 e. The molecule has 6 heteroatoms. The first-order chi connectivity index (χ1) is 11.8. The lowest BCUT2D eigenvalue weighted by Crippen LogP contribution is -2.32. The number of ether oxygens (including phenoxy) is 1. The molecule has 1 atom stereocenters. The number of amides is 1. The minimum absolute atomic E-state index is 0.0450. The van der Waals surface area contributed by atoms with Crippen molar-refractivity contribution in [2.24, 2.45) is 0 Å². The zero-order valence-electron chi connectivity index (χ0n) is 16.3. The Morgan fingerprint density at radius 1 is 1.32 bits per heavy atom. The summed E-state index contributed by atoms with van der Waals surface area (Å²) in [6.07, 6.45) is 3.48. The Balaban J connectivity index is 1.64. The molecule has 2 fully saturated rings. The zero-order valence-corrected chi connectivity index (χ0v) is 16.3. The van der Waals surface area contributed by atoms with Crippen molar-refractivity contribution in [3.05, 3.63) is 17.5 Å². The van der Waals surface area contributed by atoms with Crippen LogP contribution in [0.5, 0.6) is 0 Å². The first-order valence-electron chi connectivity index (χ1n) is 9.42. The Hall–Kier alpha value is -1.40. The molecule has 1 saturated carbocycles. The Bertz CT molecular complexity index is 613. The van der Waals surface area contributed by atoms with Crippen LogP contribution in [0.4, 0.5) is 0 Å². The molecular formula is C19H32N4O2. The summed E-state index contributed by atoms with van der Waals surface area (Å²) in [5, 5.41) is 4.68. The number of carbonyl (C=O) groups excluding carboxylic acids is 1. The average Bonchev–Trinajstić information content (AvgIpc) is 3.09. The number of likely N-dealkylation sites (N-methyl/N-ethyl adjacent to an activating group) is 1. The van der Waals surface area contributed by atoms with Crippen molar-refractivity contribution >= 4 is 5.91 Å². The highest BCUT2D eigenvalue weighted by molar-refractivity contribution is 5.92. The number of hydrogen-bond acceptors (Lipinski definition) is 4. The summed E-state index contributed by atoms with van der Waals surface area (Å²) >= 11 is 0. The third-order valence-electron chi connectivity index (χ3n) is 4.91. The van der Waals surface area contributed by atoms with Crippen LogP contribution >= 0.6 is 0 Å². The van der Waals surface area contributed by atoms with E-state index < -0.39 is 0 Å². The highest BCUT2D eigenvalue weighted by atomic mass is 16.5. The normalized spacial score (nSPS) is 21.4. The van der Waals surface area contributed by atoms with Gasteiger partial charge in [0, 0.05) is 31.2 Å². The Morgan fingerprint density at radius 3 is 2.64 bits per heavy atom. The number of nitrogens with zero attached hydrogens (tertiary/aromatic N) is 4. The van der Waals surface area contributed by atoms with E-state index in [1.165, 1.54) is 18.5 Å². The van der Waals surface area contributed by atoms with Gasteiger partial charge in [0.15, 0.2) is 5.69 Å². The van der Waals surface area contributed by atoms with Crippen LogP contribution in [0.3, 0.4) is 0 Å². The molecule has 0 radical (unpaired) electrons. The van der Waals surface area contributed by atoms with E-state index in [2.05, 4.69) is 35.5 Å². The quantitative estimate of drug-likeness (QED) is 0.792. The molecular weight excluding hydrogens is 316 g/mol. The van der Waals surface area contributed by atoms with Crippen LogP contribution in [0.15, 0.2) is 6.07 Å². The topological polar surface area (TPSA) is 50.6 Å². The van der Waals surface area contributed by atoms with Crippen LogP contribution in [-0.2, 0) is 10.3 Å². The standard InChI is InChI=1S/C19H32N4O2/c1-19(2,3)23-17(14-6-7-14)12-16(20-23)18(24)22-9-8-15(13-22)25-11-10-21(4)5/h12,14-15H,6-11,13H2,1-5H3/t15-/m0/s1. The van der Waals surface area contributed by atoms with Crippen LogP contribution in [0.2, 0.25) is 0 Å². The van der Waals surface area contributed by atoms with Crippen molar-refractivity contribution in [2.75, 3.05) is 40.3 Å². The van der Waals surface area contributed by atoms with E-state index in [1.54, 1.807) is 0 Å². The van der Waals surface area contributed by atoms with Gasteiger partial charge in [-0.25, -0.2) is 0 Å². The van der Waals surface area contributed by atoms with Crippen LogP contribution in [-0.4, -0.2) is 71.9 Å². The van der Waals surface area contributed by atoms with Gasteiger partial charge in [0.2, 0.25) is 0 Å². The molecule has 2 heterocycles. The van der Waals surface area contributed by atoms with Gasteiger partial charge < -0.3 is 14.5 Å². The SMILES string of the molecule is CN(C)CCO[C@H]1CCN(C(=O)c2cc(C3CC3)n(C(C)(C)C)n2)C1. The van der Waals surface area contributed by atoms with E-state index in [0.29, 0.717) is 24.8 Å². The zero-order chi connectivity index (χ0) is 18.2.